The first kappa shape index (κ1) is 24.4. The number of rotatable bonds is 8. The molecular formula is C26H29F3N6O. The van der Waals surface area contributed by atoms with Crippen LogP contribution in [0.15, 0.2) is 42.9 Å². The van der Waals surface area contributed by atoms with Crippen LogP contribution in [0.2, 0.25) is 0 Å². The van der Waals surface area contributed by atoms with E-state index in [9.17, 15) is 18.0 Å². The van der Waals surface area contributed by atoms with Gasteiger partial charge >= 0.3 is 6.18 Å². The number of aryl methyl sites for hydroxylation is 2. The summed E-state index contributed by atoms with van der Waals surface area (Å²) in [4.78, 5) is 20.4. The van der Waals surface area contributed by atoms with E-state index in [1.807, 2.05) is 35.1 Å². The highest BCUT2D eigenvalue weighted by Gasteiger charge is 2.50. The topological polar surface area (TPSA) is 98.7 Å². The smallest absolute Gasteiger partial charge is 0.369 e. The molecule has 5 rings (SSSR count). The maximum atomic E-state index is 13.8. The Morgan fingerprint density at radius 2 is 1.89 bits per heavy atom. The molecule has 7 nitrogen and oxygen atoms in total. The van der Waals surface area contributed by atoms with Crippen molar-refractivity contribution in [1.29, 1.82) is 0 Å². The van der Waals surface area contributed by atoms with Crippen molar-refractivity contribution in [2.24, 2.45) is 5.73 Å². The first-order valence-electron chi connectivity index (χ1n) is 12.3. The van der Waals surface area contributed by atoms with Gasteiger partial charge < -0.3 is 11.1 Å². The van der Waals surface area contributed by atoms with Crippen LogP contribution < -0.4 is 11.1 Å². The maximum Gasteiger partial charge on any atom is 0.419 e. The highest BCUT2D eigenvalue weighted by atomic mass is 19.4. The molecule has 0 spiro atoms. The summed E-state index contributed by atoms with van der Waals surface area (Å²) in [5.41, 5.74) is 6.57. The molecule has 10 heteroatoms. The standard InChI is InChI=1S/C26H29F3N6O/c27-26(28,29)21-15-32-23(13-17-14-33-35(16-17)19-7-11-31-12-8-19)34-22(21)6-5-18-3-1-2-4-20(18)25(9-10-25)24(30)36/h1-4,14-16,19,31H,5-13H2,(H2,30,36). The van der Waals surface area contributed by atoms with Crippen molar-refractivity contribution in [2.45, 2.75) is 62.6 Å². The van der Waals surface area contributed by atoms with Gasteiger partial charge in [-0.15, -0.1) is 0 Å². The number of aromatic nitrogens is 4. The third kappa shape index (κ3) is 5.00. The Balaban J connectivity index is 1.36. The molecule has 36 heavy (non-hydrogen) atoms. The lowest BCUT2D eigenvalue weighted by Gasteiger charge is -2.22. The molecule has 1 aliphatic carbocycles. The summed E-state index contributed by atoms with van der Waals surface area (Å²) in [6.45, 7) is 1.88. The molecular weight excluding hydrogens is 469 g/mol. The number of nitrogens with one attached hydrogen (secondary N) is 1. The number of carbonyl (C=O) groups is 1. The van der Waals surface area contributed by atoms with Crippen LogP contribution in [0.5, 0.6) is 0 Å². The lowest BCUT2D eigenvalue weighted by molar-refractivity contribution is -0.138. The molecule has 0 bridgehead atoms. The fourth-order valence-electron chi connectivity index (χ4n) is 5.12. The fourth-order valence-corrected chi connectivity index (χ4v) is 5.12. The van der Waals surface area contributed by atoms with Gasteiger partial charge in [0.05, 0.1) is 28.9 Å². The molecule has 1 saturated heterocycles. The molecule has 1 amide bonds. The molecule has 0 atom stereocenters. The second-order valence-corrected chi connectivity index (χ2v) is 9.73. The van der Waals surface area contributed by atoms with Crippen LogP contribution in [0.3, 0.4) is 0 Å². The van der Waals surface area contributed by atoms with Gasteiger partial charge in [-0.2, -0.15) is 18.3 Å². The number of halogens is 3. The Morgan fingerprint density at radius 1 is 1.14 bits per heavy atom. The van der Waals surface area contributed by atoms with Crippen LogP contribution in [0, 0.1) is 0 Å². The van der Waals surface area contributed by atoms with Gasteiger partial charge in [-0.25, -0.2) is 9.97 Å². The molecule has 0 radical (unpaired) electrons. The van der Waals surface area contributed by atoms with Crippen LogP contribution in [-0.4, -0.2) is 38.7 Å². The van der Waals surface area contributed by atoms with Gasteiger partial charge in [-0.05, 0) is 68.3 Å². The molecule has 2 aliphatic rings. The third-order valence-electron chi connectivity index (χ3n) is 7.31. The number of alkyl halides is 3. The van der Waals surface area contributed by atoms with Crippen LogP contribution in [0.1, 0.15) is 65.5 Å². The van der Waals surface area contributed by atoms with Crippen molar-refractivity contribution in [3.8, 4) is 0 Å². The predicted octanol–water partition coefficient (Wildman–Crippen LogP) is 3.51. The summed E-state index contributed by atoms with van der Waals surface area (Å²) < 4.78 is 43.2. The molecule has 3 heterocycles. The second kappa shape index (κ2) is 9.65. The van der Waals surface area contributed by atoms with Crippen LogP contribution in [-0.2, 0) is 35.6 Å². The van der Waals surface area contributed by atoms with Crippen molar-refractivity contribution >= 4 is 5.91 Å². The fraction of sp³-hybridized carbons (Fsp3) is 0.462. The van der Waals surface area contributed by atoms with E-state index < -0.39 is 17.2 Å². The molecule has 2 fully saturated rings. The number of benzene rings is 1. The monoisotopic (exact) mass is 498 g/mol. The Morgan fingerprint density at radius 3 is 2.58 bits per heavy atom. The van der Waals surface area contributed by atoms with Crippen molar-refractivity contribution in [1.82, 2.24) is 25.1 Å². The molecule has 190 valence electrons. The lowest BCUT2D eigenvalue weighted by atomic mass is 9.88. The number of primary amides is 1. The number of amides is 1. The zero-order valence-corrected chi connectivity index (χ0v) is 19.9. The maximum absolute atomic E-state index is 13.8. The molecule has 1 aliphatic heterocycles. The zero-order valence-electron chi connectivity index (χ0n) is 19.9. The quantitative estimate of drug-likeness (QED) is 0.495. The van der Waals surface area contributed by atoms with Gasteiger partial charge in [0.25, 0.3) is 0 Å². The predicted molar refractivity (Wildman–Crippen MR) is 127 cm³/mol. The first-order chi connectivity index (χ1) is 17.3. The molecule has 3 N–H and O–H groups in total. The van der Waals surface area contributed by atoms with Crippen molar-refractivity contribution < 1.29 is 18.0 Å². The highest BCUT2D eigenvalue weighted by Crippen LogP contribution is 2.49. The van der Waals surface area contributed by atoms with Gasteiger partial charge in [-0.1, -0.05) is 24.3 Å². The van der Waals surface area contributed by atoms with Gasteiger partial charge in [0, 0.05) is 18.8 Å². The second-order valence-electron chi connectivity index (χ2n) is 9.73. The van der Waals surface area contributed by atoms with Gasteiger partial charge in [-0.3, -0.25) is 9.48 Å². The minimum atomic E-state index is -4.56. The first-order valence-corrected chi connectivity index (χ1v) is 12.3. The summed E-state index contributed by atoms with van der Waals surface area (Å²) in [5, 5.41) is 7.78. The summed E-state index contributed by atoms with van der Waals surface area (Å²) in [7, 11) is 0. The lowest BCUT2D eigenvalue weighted by Crippen LogP contribution is -2.29. The summed E-state index contributed by atoms with van der Waals surface area (Å²) in [5.74, 6) is -0.0627. The van der Waals surface area contributed by atoms with E-state index in [4.69, 9.17) is 5.73 Å². The number of nitrogens with zero attached hydrogens (tertiary/aromatic N) is 4. The molecule has 0 unspecified atom stereocenters. The average Bonchev–Trinajstić information content (AvgIpc) is 3.55. The Labute approximate surface area is 207 Å². The summed E-state index contributed by atoms with van der Waals surface area (Å²) >= 11 is 0. The van der Waals surface area contributed by atoms with Crippen molar-refractivity contribution in [3.05, 3.63) is 76.6 Å². The van der Waals surface area contributed by atoms with E-state index in [-0.39, 0.29) is 18.0 Å². The normalized spacial score (nSPS) is 17.8. The molecule has 2 aromatic heterocycles. The third-order valence-corrected chi connectivity index (χ3v) is 7.31. The van der Waals surface area contributed by atoms with E-state index in [1.54, 1.807) is 6.20 Å². The van der Waals surface area contributed by atoms with E-state index in [2.05, 4.69) is 20.4 Å². The summed E-state index contributed by atoms with van der Waals surface area (Å²) in [6.07, 6.45) is 3.99. The SMILES string of the molecule is NC(=O)C1(c2ccccc2CCc2nc(Cc3cnn(C4CCNCC4)c3)ncc2C(F)(F)F)CC1. The van der Waals surface area contributed by atoms with Crippen molar-refractivity contribution in [3.63, 3.8) is 0 Å². The van der Waals surface area contributed by atoms with E-state index >= 15 is 0 Å². The largest absolute Gasteiger partial charge is 0.419 e. The molecule has 1 saturated carbocycles. The molecule has 1 aromatic carbocycles. The Bertz CT molecular complexity index is 1240. The number of carbonyl (C=O) groups excluding carboxylic acids is 1. The van der Waals surface area contributed by atoms with E-state index in [1.165, 1.54) is 0 Å². The Hall–Kier alpha value is -3.27. The number of piperidine rings is 1. The number of hydrogen-bond donors (Lipinski definition) is 2. The molecule has 3 aromatic rings. The van der Waals surface area contributed by atoms with Crippen LogP contribution >= 0.6 is 0 Å². The van der Waals surface area contributed by atoms with Gasteiger partial charge in [0.2, 0.25) is 5.91 Å². The number of nitrogens with two attached hydrogens (primary N) is 1. The van der Waals surface area contributed by atoms with Gasteiger partial charge in [0.1, 0.15) is 5.82 Å². The van der Waals surface area contributed by atoms with Crippen LogP contribution in [0.4, 0.5) is 13.2 Å². The van der Waals surface area contributed by atoms with E-state index in [0.29, 0.717) is 37.5 Å². The minimum absolute atomic E-state index is 0.0445. The summed E-state index contributed by atoms with van der Waals surface area (Å²) in [6, 6.07) is 7.67. The average molecular weight is 499 g/mol. The van der Waals surface area contributed by atoms with Crippen LogP contribution in [0.25, 0.3) is 0 Å². The van der Waals surface area contributed by atoms with Gasteiger partial charge in [0.15, 0.2) is 0 Å². The van der Waals surface area contributed by atoms with E-state index in [0.717, 1.165) is 48.8 Å². The minimum Gasteiger partial charge on any atom is -0.369 e. The van der Waals surface area contributed by atoms with Crippen molar-refractivity contribution in [2.75, 3.05) is 13.1 Å². The number of hydrogen-bond acceptors (Lipinski definition) is 5. The highest BCUT2D eigenvalue weighted by molar-refractivity contribution is 5.90. The Kier molecular flexibility index (Phi) is 6.55. The zero-order chi connectivity index (χ0) is 25.3.